The molecule has 0 saturated heterocycles. The molecule has 0 aliphatic heterocycles. The molecule has 0 fully saturated rings. The number of aromatic carboxylic acids is 1. The van der Waals surface area contributed by atoms with Crippen LogP contribution in [0.25, 0.3) is 0 Å². The molecule has 2 rings (SSSR count). The van der Waals surface area contributed by atoms with Gasteiger partial charge < -0.3 is 15.2 Å². The summed E-state index contributed by atoms with van der Waals surface area (Å²) in [7, 11) is 0. The molecule has 0 bridgehead atoms. The lowest BCUT2D eigenvalue weighted by Gasteiger charge is -2.07. The third-order valence-electron chi connectivity index (χ3n) is 2.94. The molecule has 0 radical (unpaired) electrons. The zero-order valence-electron chi connectivity index (χ0n) is 12.7. The van der Waals surface area contributed by atoms with Gasteiger partial charge in [0, 0.05) is 5.38 Å². The van der Waals surface area contributed by atoms with Crippen molar-refractivity contribution in [3.63, 3.8) is 0 Å². The number of carboxylic acid groups (broad SMARTS) is 1. The van der Waals surface area contributed by atoms with E-state index < -0.39 is 5.97 Å². The summed E-state index contributed by atoms with van der Waals surface area (Å²) in [5.74, 6) is -0.462. The minimum atomic E-state index is -1.07. The summed E-state index contributed by atoms with van der Waals surface area (Å²) >= 11 is 1.21. The van der Waals surface area contributed by atoms with Gasteiger partial charge in [-0.15, -0.1) is 11.3 Å². The molecule has 0 aliphatic rings. The van der Waals surface area contributed by atoms with Crippen molar-refractivity contribution in [3.05, 3.63) is 45.9 Å². The maximum absolute atomic E-state index is 12.0. The van der Waals surface area contributed by atoms with E-state index in [0.29, 0.717) is 11.6 Å². The quantitative estimate of drug-likeness (QED) is 0.774. The zero-order valence-corrected chi connectivity index (χ0v) is 13.6. The van der Waals surface area contributed by atoms with Crippen molar-refractivity contribution in [2.75, 3.05) is 6.61 Å². The lowest BCUT2D eigenvalue weighted by atomic mass is 10.1. The van der Waals surface area contributed by atoms with E-state index in [4.69, 9.17) is 9.84 Å². The molecule has 2 aromatic rings. The highest BCUT2D eigenvalue weighted by Gasteiger charge is 2.10. The Labute approximate surface area is 138 Å². The Kier molecular flexibility index (Phi) is 6.10. The van der Waals surface area contributed by atoms with Crippen molar-refractivity contribution in [3.8, 4) is 5.75 Å². The third-order valence-corrected chi connectivity index (χ3v) is 3.79. The third kappa shape index (κ3) is 5.37. The second-order valence-electron chi connectivity index (χ2n) is 4.88. The van der Waals surface area contributed by atoms with Crippen LogP contribution >= 0.6 is 11.3 Å². The van der Waals surface area contributed by atoms with E-state index in [-0.39, 0.29) is 24.6 Å². The molecule has 1 aromatic carbocycles. The number of carbonyl (C=O) groups excluding carboxylic acids is 1. The van der Waals surface area contributed by atoms with Crippen molar-refractivity contribution < 1.29 is 19.4 Å². The van der Waals surface area contributed by atoms with Crippen LogP contribution < -0.4 is 10.1 Å². The standard InChI is InChI=1S/C16H18N2O4S/c1-2-6-22-12-5-3-4-11(7-12)8-14(19)17-9-15-18-13(10-23-15)16(20)21/h3-5,7,10H,2,6,8-9H2,1H3,(H,17,19)(H,20,21). The number of rotatable bonds is 8. The van der Waals surface area contributed by atoms with Crippen molar-refractivity contribution in [2.45, 2.75) is 26.3 Å². The van der Waals surface area contributed by atoms with Gasteiger partial charge in [-0.2, -0.15) is 0 Å². The Hall–Kier alpha value is -2.41. The number of carboxylic acids is 1. The number of hydrogen-bond donors (Lipinski definition) is 2. The van der Waals surface area contributed by atoms with E-state index in [0.717, 1.165) is 17.7 Å². The number of aromatic nitrogens is 1. The molecular weight excluding hydrogens is 316 g/mol. The number of hydrogen-bond acceptors (Lipinski definition) is 5. The van der Waals surface area contributed by atoms with Crippen LogP contribution in [0.3, 0.4) is 0 Å². The smallest absolute Gasteiger partial charge is 0.355 e. The van der Waals surface area contributed by atoms with Crippen molar-refractivity contribution in [1.82, 2.24) is 10.3 Å². The maximum atomic E-state index is 12.0. The Bertz CT molecular complexity index is 684. The first-order valence-corrected chi connectivity index (χ1v) is 8.12. The van der Waals surface area contributed by atoms with Crippen LogP contribution in [0.15, 0.2) is 29.6 Å². The van der Waals surface area contributed by atoms with Crippen LogP contribution in [-0.2, 0) is 17.8 Å². The van der Waals surface area contributed by atoms with E-state index in [1.165, 1.54) is 16.7 Å². The fourth-order valence-electron chi connectivity index (χ4n) is 1.88. The Balaban J connectivity index is 1.85. The highest BCUT2D eigenvalue weighted by molar-refractivity contribution is 7.09. The molecule has 7 heteroatoms. The molecular formula is C16H18N2O4S. The molecule has 1 amide bonds. The number of nitrogens with zero attached hydrogens (tertiary/aromatic N) is 1. The van der Waals surface area contributed by atoms with Crippen LogP contribution in [0, 0.1) is 0 Å². The van der Waals surface area contributed by atoms with Gasteiger partial charge in [0.2, 0.25) is 5.91 Å². The topological polar surface area (TPSA) is 88.5 Å². The Morgan fingerprint density at radius 3 is 2.91 bits per heavy atom. The number of ether oxygens (including phenoxy) is 1. The van der Waals surface area contributed by atoms with Gasteiger partial charge in [0.15, 0.2) is 5.69 Å². The summed E-state index contributed by atoms with van der Waals surface area (Å²) in [6.45, 7) is 2.90. The summed E-state index contributed by atoms with van der Waals surface area (Å²) in [5.41, 5.74) is 0.862. The average molecular weight is 334 g/mol. The van der Waals surface area contributed by atoms with Gasteiger partial charge in [-0.05, 0) is 24.1 Å². The van der Waals surface area contributed by atoms with E-state index in [1.807, 2.05) is 31.2 Å². The predicted molar refractivity (Wildman–Crippen MR) is 86.9 cm³/mol. The van der Waals surface area contributed by atoms with E-state index in [2.05, 4.69) is 10.3 Å². The summed E-state index contributed by atoms with van der Waals surface area (Å²) in [6, 6.07) is 7.43. The molecule has 6 nitrogen and oxygen atoms in total. The molecule has 2 N–H and O–H groups in total. The summed E-state index contributed by atoms with van der Waals surface area (Å²) < 4.78 is 5.54. The first kappa shape index (κ1) is 17.0. The molecule has 0 saturated carbocycles. The van der Waals surface area contributed by atoms with Crippen LogP contribution in [0.1, 0.15) is 34.4 Å². The summed E-state index contributed by atoms with van der Waals surface area (Å²) in [6.07, 6.45) is 1.16. The fourth-order valence-corrected chi connectivity index (χ4v) is 2.59. The van der Waals surface area contributed by atoms with E-state index in [1.54, 1.807) is 0 Å². The molecule has 122 valence electrons. The lowest BCUT2D eigenvalue weighted by molar-refractivity contribution is -0.120. The maximum Gasteiger partial charge on any atom is 0.355 e. The SMILES string of the molecule is CCCOc1cccc(CC(=O)NCc2nc(C(=O)O)cs2)c1. The van der Waals surface area contributed by atoms with Gasteiger partial charge >= 0.3 is 5.97 Å². The lowest BCUT2D eigenvalue weighted by Crippen LogP contribution is -2.24. The van der Waals surface area contributed by atoms with E-state index in [9.17, 15) is 9.59 Å². The zero-order chi connectivity index (χ0) is 16.7. The highest BCUT2D eigenvalue weighted by atomic mass is 32.1. The van der Waals surface area contributed by atoms with Gasteiger partial charge in [-0.3, -0.25) is 4.79 Å². The second-order valence-corrected chi connectivity index (χ2v) is 5.82. The van der Waals surface area contributed by atoms with Gasteiger partial charge in [0.25, 0.3) is 0 Å². The normalized spacial score (nSPS) is 10.3. The minimum Gasteiger partial charge on any atom is -0.494 e. The Morgan fingerprint density at radius 2 is 2.22 bits per heavy atom. The first-order chi connectivity index (χ1) is 11.1. The fraction of sp³-hybridized carbons (Fsp3) is 0.312. The molecule has 23 heavy (non-hydrogen) atoms. The molecule has 0 aliphatic carbocycles. The van der Waals surface area contributed by atoms with Gasteiger partial charge in [0.1, 0.15) is 10.8 Å². The van der Waals surface area contributed by atoms with Crippen LogP contribution in [0.2, 0.25) is 0 Å². The number of nitrogens with one attached hydrogen (secondary N) is 1. The highest BCUT2D eigenvalue weighted by Crippen LogP contribution is 2.14. The minimum absolute atomic E-state index is 0.0000214. The van der Waals surface area contributed by atoms with Crippen molar-refractivity contribution in [1.29, 1.82) is 0 Å². The van der Waals surface area contributed by atoms with Crippen molar-refractivity contribution >= 4 is 23.2 Å². The molecule has 0 unspecified atom stereocenters. The monoisotopic (exact) mass is 334 g/mol. The first-order valence-electron chi connectivity index (χ1n) is 7.24. The second kappa shape index (κ2) is 8.28. The Morgan fingerprint density at radius 1 is 1.39 bits per heavy atom. The average Bonchev–Trinajstić information content (AvgIpc) is 3.00. The number of carbonyl (C=O) groups is 2. The van der Waals surface area contributed by atoms with Crippen LogP contribution in [-0.4, -0.2) is 28.6 Å². The molecule has 0 atom stereocenters. The van der Waals surface area contributed by atoms with E-state index >= 15 is 0 Å². The molecule has 1 aromatic heterocycles. The number of amides is 1. The largest absolute Gasteiger partial charge is 0.494 e. The summed E-state index contributed by atoms with van der Waals surface area (Å²) in [5, 5.41) is 13.6. The molecule has 1 heterocycles. The summed E-state index contributed by atoms with van der Waals surface area (Å²) in [4.78, 5) is 26.6. The predicted octanol–water partition coefficient (Wildman–Crippen LogP) is 2.49. The van der Waals surface area contributed by atoms with Gasteiger partial charge in [0.05, 0.1) is 19.6 Å². The van der Waals surface area contributed by atoms with Gasteiger partial charge in [-0.25, -0.2) is 9.78 Å². The van der Waals surface area contributed by atoms with Crippen LogP contribution in [0.4, 0.5) is 0 Å². The number of benzene rings is 1. The van der Waals surface area contributed by atoms with Crippen molar-refractivity contribution in [2.24, 2.45) is 0 Å². The van der Waals surface area contributed by atoms with Gasteiger partial charge in [-0.1, -0.05) is 19.1 Å². The molecule has 0 spiro atoms. The number of thiazole rings is 1. The van der Waals surface area contributed by atoms with Crippen LogP contribution in [0.5, 0.6) is 5.75 Å².